The summed E-state index contributed by atoms with van der Waals surface area (Å²) in [7, 11) is 0. The van der Waals surface area contributed by atoms with E-state index in [4.69, 9.17) is 9.97 Å². The zero-order valence-electron chi connectivity index (χ0n) is 25.4. The molecule has 0 atom stereocenters. The van der Waals surface area contributed by atoms with Crippen LogP contribution in [-0.2, 0) is 0 Å². The Hall–Kier alpha value is -6.59. The second-order valence-corrected chi connectivity index (χ2v) is 12.9. The molecule has 1 aliphatic carbocycles. The van der Waals surface area contributed by atoms with Gasteiger partial charge >= 0.3 is 0 Å². The summed E-state index contributed by atoms with van der Waals surface area (Å²) in [5.74, 6) is 0.613. The number of rotatable bonds is 1. The van der Waals surface area contributed by atoms with Crippen molar-refractivity contribution in [3.05, 3.63) is 145 Å². The van der Waals surface area contributed by atoms with Crippen LogP contribution in [0.25, 0.3) is 98.8 Å². The molecule has 0 saturated carbocycles. The molecule has 4 aromatic heterocycles. The van der Waals surface area contributed by atoms with Gasteiger partial charge in [0.2, 0.25) is 5.95 Å². The summed E-state index contributed by atoms with van der Waals surface area (Å²) in [5.41, 5.74) is 9.49. The minimum absolute atomic E-state index is 0.0184. The molecular weight excluding hydrogens is 589 g/mol. The fourth-order valence-electron chi connectivity index (χ4n) is 8.60. The van der Waals surface area contributed by atoms with Crippen LogP contribution in [0.5, 0.6) is 0 Å². The molecule has 1 aliphatic rings. The van der Waals surface area contributed by atoms with Gasteiger partial charge in [-0.05, 0) is 47.2 Å². The smallest absolute Gasteiger partial charge is 0.235 e. The zero-order chi connectivity index (χ0) is 31.2. The maximum Gasteiger partial charge on any atom is 0.235 e. The summed E-state index contributed by atoms with van der Waals surface area (Å²) < 4.78 is 4.69. The maximum absolute atomic E-state index is 13.6. The molecular formula is C43H22N4O. The van der Waals surface area contributed by atoms with E-state index in [9.17, 15) is 4.79 Å². The second-order valence-electron chi connectivity index (χ2n) is 12.9. The van der Waals surface area contributed by atoms with E-state index >= 15 is 0 Å². The van der Waals surface area contributed by atoms with Gasteiger partial charge in [-0.25, -0.2) is 9.97 Å². The van der Waals surface area contributed by atoms with Crippen LogP contribution in [0, 0.1) is 0 Å². The number of benzene rings is 7. The van der Waals surface area contributed by atoms with E-state index in [0.29, 0.717) is 17.1 Å². The number of aromatic nitrogens is 4. The van der Waals surface area contributed by atoms with Crippen molar-refractivity contribution in [1.29, 1.82) is 0 Å². The van der Waals surface area contributed by atoms with E-state index in [-0.39, 0.29) is 5.78 Å². The van der Waals surface area contributed by atoms with Crippen molar-refractivity contribution >= 4 is 87.4 Å². The third kappa shape index (κ3) is 2.83. The van der Waals surface area contributed by atoms with Gasteiger partial charge in [-0.15, -0.1) is 0 Å². The largest absolute Gasteiger partial charge is 0.308 e. The lowest BCUT2D eigenvalue weighted by molar-refractivity contribution is 0.104. The van der Waals surface area contributed by atoms with Crippen LogP contribution in [-0.4, -0.2) is 24.7 Å². The van der Waals surface area contributed by atoms with Crippen molar-refractivity contribution in [2.45, 2.75) is 0 Å². The first-order chi connectivity index (χ1) is 23.7. The van der Waals surface area contributed by atoms with E-state index < -0.39 is 0 Å². The lowest BCUT2D eigenvalue weighted by atomic mass is 9.87. The number of carbonyl (C=O) groups is 1. The van der Waals surface area contributed by atoms with E-state index in [1.165, 1.54) is 54.3 Å². The summed E-state index contributed by atoms with van der Waals surface area (Å²) in [6.07, 6.45) is 0. The number of para-hydroxylation sites is 2. The van der Waals surface area contributed by atoms with Gasteiger partial charge in [0, 0.05) is 54.4 Å². The minimum atomic E-state index is 0.0184. The fourth-order valence-corrected chi connectivity index (χ4v) is 8.60. The zero-order valence-corrected chi connectivity index (χ0v) is 25.4. The van der Waals surface area contributed by atoms with E-state index in [1.807, 2.05) is 42.5 Å². The van der Waals surface area contributed by atoms with Crippen LogP contribution in [0.2, 0.25) is 0 Å². The molecule has 5 heteroatoms. The molecule has 0 fully saturated rings. The first-order valence-electron chi connectivity index (χ1n) is 16.2. The van der Waals surface area contributed by atoms with Crippen molar-refractivity contribution in [3.8, 4) is 17.2 Å². The SMILES string of the molecule is O=C1c2ccccc2-c2nc(-n3c4ccccc4c4c5c6cc7ccccc7cc6n6c7ccccc7c(cc43)c56)nc3cccc1c23. The molecule has 0 amide bonds. The molecule has 220 valence electrons. The monoisotopic (exact) mass is 610 g/mol. The predicted molar refractivity (Wildman–Crippen MR) is 195 cm³/mol. The van der Waals surface area contributed by atoms with Crippen LogP contribution in [0.4, 0.5) is 0 Å². The van der Waals surface area contributed by atoms with E-state index in [0.717, 1.165) is 38.6 Å². The molecule has 0 spiro atoms. The van der Waals surface area contributed by atoms with Gasteiger partial charge in [-0.1, -0.05) is 97.1 Å². The number of carbonyl (C=O) groups excluding carboxylic acids is 1. The topological polar surface area (TPSA) is 52.2 Å². The summed E-state index contributed by atoms with van der Waals surface area (Å²) in [6.45, 7) is 0. The predicted octanol–water partition coefficient (Wildman–Crippen LogP) is 10.2. The minimum Gasteiger partial charge on any atom is -0.308 e. The third-order valence-electron chi connectivity index (χ3n) is 10.6. The Balaban J connectivity index is 1.31. The molecule has 0 aliphatic heterocycles. The van der Waals surface area contributed by atoms with E-state index in [2.05, 4.69) is 100.0 Å². The standard InChI is InChI=1S/C43H22N4O/c48-42-27-14-4-3-13-26(27)40-37-29(42)16-9-17-32(37)44-43(45-40)47-34-19-8-6-15-28(34)38-36(47)22-30-25-12-5-7-18-33(25)46-35-21-24-11-2-1-10-23(24)20-31(35)39(38)41(30)46/h1-22H. The molecule has 0 radical (unpaired) electrons. The number of hydrogen-bond donors (Lipinski definition) is 0. The Kier molecular flexibility index (Phi) is 4.31. The molecule has 4 heterocycles. The molecule has 48 heavy (non-hydrogen) atoms. The van der Waals surface area contributed by atoms with Crippen molar-refractivity contribution < 1.29 is 4.79 Å². The Morgan fingerprint density at radius 3 is 2.04 bits per heavy atom. The quantitative estimate of drug-likeness (QED) is 0.186. The average molecular weight is 611 g/mol. The van der Waals surface area contributed by atoms with Crippen LogP contribution in [0.1, 0.15) is 15.9 Å². The molecule has 0 unspecified atom stereocenters. The van der Waals surface area contributed by atoms with Gasteiger partial charge in [0.25, 0.3) is 0 Å². The highest BCUT2D eigenvalue weighted by atomic mass is 16.1. The maximum atomic E-state index is 13.6. The number of fused-ring (bicyclic) bond motifs is 13. The Bertz CT molecular complexity index is 3250. The van der Waals surface area contributed by atoms with Gasteiger partial charge in [0.1, 0.15) is 0 Å². The molecule has 7 aromatic carbocycles. The Morgan fingerprint density at radius 2 is 1.17 bits per heavy atom. The van der Waals surface area contributed by atoms with Crippen LogP contribution in [0.15, 0.2) is 133 Å². The molecule has 5 nitrogen and oxygen atoms in total. The van der Waals surface area contributed by atoms with E-state index in [1.54, 1.807) is 0 Å². The van der Waals surface area contributed by atoms with Gasteiger partial charge in [-0.2, -0.15) is 0 Å². The fraction of sp³-hybridized carbons (Fsp3) is 0. The lowest BCUT2D eigenvalue weighted by Gasteiger charge is -2.19. The van der Waals surface area contributed by atoms with Crippen LogP contribution >= 0.6 is 0 Å². The Morgan fingerprint density at radius 1 is 0.458 bits per heavy atom. The lowest BCUT2D eigenvalue weighted by Crippen LogP contribution is -2.13. The summed E-state index contributed by atoms with van der Waals surface area (Å²) >= 11 is 0. The molecule has 0 saturated heterocycles. The van der Waals surface area contributed by atoms with Crippen molar-refractivity contribution in [1.82, 2.24) is 18.9 Å². The van der Waals surface area contributed by atoms with Gasteiger partial charge in [0.05, 0.1) is 38.8 Å². The van der Waals surface area contributed by atoms with Crippen molar-refractivity contribution in [2.24, 2.45) is 0 Å². The average Bonchev–Trinajstić information content (AvgIpc) is 3.76. The van der Waals surface area contributed by atoms with Gasteiger partial charge in [0.15, 0.2) is 5.78 Å². The van der Waals surface area contributed by atoms with Crippen molar-refractivity contribution in [3.63, 3.8) is 0 Å². The number of ketones is 1. The second kappa shape index (κ2) is 8.41. The highest BCUT2D eigenvalue weighted by molar-refractivity contribution is 6.36. The summed E-state index contributed by atoms with van der Waals surface area (Å²) in [5, 5.41) is 10.5. The molecule has 12 rings (SSSR count). The molecule has 0 bridgehead atoms. The normalized spacial score (nSPS) is 13.0. The van der Waals surface area contributed by atoms with Gasteiger partial charge in [-0.3, -0.25) is 9.36 Å². The number of hydrogen-bond acceptors (Lipinski definition) is 3. The summed E-state index contributed by atoms with van der Waals surface area (Å²) in [6, 6.07) is 46.6. The first kappa shape index (κ1) is 24.6. The van der Waals surface area contributed by atoms with Gasteiger partial charge < -0.3 is 4.40 Å². The van der Waals surface area contributed by atoms with Crippen molar-refractivity contribution in [2.75, 3.05) is 0 Å². The first-order valence-corrected chi connectivity index (χ1v) is 16.2. The highest BCUT2D eigenvalue weighted by Crippen LogP contribution is 2.47. The number of nitrogens with zero attached hydrogens (tertiary/aromatic N) is 4. The molecule has 0 N–H and O–H groups in total. The highest BCUT2D eigenvalue weighted by Gasteiger charge is 2.29. The summed E-state index contributed by atoms with van der Waals surface area (Å²) in [4.78, 5) is 24.1. The third-order valence-corrected chi connectivity index (χ3v) is 10.6. The Labute approximate surface area is 272 Å². The van der Waals surface area contributed by atoms with Crippen LogP contribution < -0.4 is 0 Å². The molecule has 11 aromatic rings. The van der Waals surface area contributed by atoms with Crippen LogP contribution in [0.3, 0.4) is 0 Å².